The number of amides is 1. The van der Waals surface area contributed by atoms with Gasteiger partial charge in [0.25, 0.3) is 0 Å². The normalized spacial score (nSPS) is 26.0. The van der Waals surface area contributed by atoms with Crippen LogP contribution in [0.15, 0.2) is 11.6 Å². The molecule has 3 unspecified atom stereocenters. The summed E-state index contributed by atoms with van der Waals surface area (Å²) < 4.78 is 5.76. The van der Waals surface area contributed by atoms with E-state index < -0.39 is 6.10 Å². The predicted molar refractivity (Wildman–Crippen MR) is 100 cm³/mol. The molecule has 3 aliphatic rings. The number of aliphatic hydroxyl groups excluding tert-OH is 1. The Morgan fingerprint density at radius 2 is 2.16 bits per heavy atom. The quantitative estimate of drug-likeness (QED) is 0.658. The lowest BCUT2D eigenvalue weighted by atomic mass is 9.49. The van der Waals surface area contributed by atoms with E-state index in [-0.39, 0.29) is 18.0 Å². The van der Waals surface area contributed by atoms with Crippen LogP contribution in [0.25, 0.3) is 0 Å². The summed E-state index contributed by atoms with van der Waals surface area (Å²) >= 11 is 0. The zero-order valence-electron chi connectivity index (χ0n) is 16.8. The van der Waals surface area contributed by atoms with Gasteiger partial charge in [-0.2, -0.15) is 0 Å². The largest absolute Gasteiger partial charge is 0.389 e. The molecule has 3 rings (SSSR count). The van der Waals surface area contributed by atoms with E-state index >= 15 is 0 Å². The third-order valence-electron chi connectivity index (χ3n) is 5.61. The van der Waals surface area contributed by atoms with Gasteiger partial charge in [-0.1, -0.05) is 19.9 Å². The molecule has 144 valence electrons. The van der Waals surface area contributed by atoms with Gasteiger partial charge >= 0.3 is 0 Å². The minimum absolute atomic E-state index is 0.0303. The summed E-state index contributed by atoms with van der Waals surface area (Å²) in [4.78, 5) is 13.7. The van der Waals surface area contributed by atoms with Crippen LogP contribution in [0.3, 0.4) is 0 Å². The summed E-state index contributed by atoms with van der Waals surface area (Å²) in [5, 5.41) is 13.1. The molecule has 0 aromatic heterocycles. The third-order valence-corrected chi connectivity index (χ3v) is 5.61. The summed E-state index contributed by atoms with van der Waals surface area (Å²) in [7, 11) is 1.84. The second kappa shape index (κ2) is 7.77. The molecule has 5 nitrogen and oxygen atoms in total. The van der Waals surface area contributed by atoms with Gasteiger partial charge in [-0.3, -0.25) is 9.69 Å². The van der Waals surface area contributed by atoms with Gasteiger partial charge in [0.2, 0.25) is 5.91 Å². The second-order valence-corrected chi connectivity index (χ2v) is 9.49. The Bertz CT molecular complexity index is 508. The average molecular weight is 353 g/mol. The molecule has 1 saturated carbocycles. The van der Waals surface area contributed by atoms with Crippen molar-refractivity contribution in [3.63, 3.8) is 0 Å². The maximum absolute atomic E-state index is 11.9. The lowest BCUT2D eigenvalue weighted by molar-refractivity contribution is -0.123. The van der Waals surface area contributed by atoms with Gasteiger partial charge in [-0.25, -0.2) is 0 Å². The molecule has 3 atom stereocenters. The Kier molecular flexibility index (Phi) is 6.34. The van der Waals surface area contributed by atoms with Crippen LogP contribution in [0, 0.1) is 17.3 Å². The van der Waals surface area contributed by atoms with E-state index in [4.69, 9.17) is 4.74 Å². The minimum Gasteiger partial charge on any atom is -0.389 e. The first-order valence-corrected chi connectivity index (χ1v) is 9.43. The maximum atomic E-state index is 11.9. The summed E-state index contributed by atoms with van der Waals surface area (Å²) in [6.45, 7) is 12.2. The van der Waals surface area contributed by atoms with Crippen molar-refractivity contribution in [3.8, 4) is 0 Å². The molecule has 25 heavy (non-hydrogen) atoms. The van der Waals surface area contributed by atoms with Crippen molar-refractivity contribution in [2.75, 3.05) is 33.4 Å². The van der Waals surface area contributed by atoms with Crippen molar-refractivity contribution in [2.45, 2.75) is 59.1 Å². The second-order valence-electron chi connectivity index (χ2n) is 9.49. The number of nitrogens with zero attached hydrogens (tertiary/aromatic N) is 1. The number of hydrogen-bond donors (Lipinski definition) is 2. The van der Waals surface area contributed by atoms with Crippen LogP contribution < -0.4 is 5.32 Å². The van der Waals surface area contributed by atoms with Crippen molar-refractivity contribution in [3.05, 3.63) is 11.6 Å². The zero-order chi connectivity index (χ0) is 18.8. The fourth-order valence-electron chi connectivity index (χ4n) is 4.13. The number of carbonyl (C=O) groups excluding carboxylic acids is 1. The van der Waals surface area contributed by atoms with E-state index in [1.807, 2.05) is 32.7 Å². The van der Waals surface area contributed by atoms with Gasteiger partial charge < -0.3 is 15.2 Å². The number of ether oxygens (including phenoxy) is 1. The van der Waals surface area contributed by atoms with Crippen LogP contribution >= 0.6 is 0 Å². The molecule has 0 aromatic carbocycles. The molecule has 0 spiro atoms. The van der Waals surface area contributed by atoms with Gasteiger partial charge in [-0.05, 0) is 63.5 Å². The van der Waals surface area contributed by atoms with Crippen LogP contribution in [0.2, 0.25) is 0 Å². The SMILES string of the molecule is CN(CC(=O)NC(C)(C)C)CC(O)COCC1=CCC2CC1C2(C)C. The Morgan fingerprint density at radius 1 is 1.48 bits per heavy atom. The molecule has 3 aliphatic carbocycles. The van der Waals surface area contributed by atoms with Crippen LogP contribution in [-0.2, 0) is 9.53 Å². The number of allylic oxidation sites excluding steroid dienone is 1. The van der Waals surface area contributed by atoms with Gasteiger partial charge in [-0.15, -0.1) is 0 Å². The number of fused-ring (bicyclic) bond motifs is 1. The van der Waals surface area contributed by atoms with Crippen molar-refractivity contribution in [1.29, 1.82) is 0 Å². The van der Waals surface area contributed by atoms with E-state index in [1.54, 1.807) is 0 Å². The molecule has 0 aliphatic heterocycles. The number of nitrogens with one attached hydrogen (secondary N) is 1. The predicted octanol–water partition coefficient (Wildman–Crippen LogP) is 2.20. The summed E-state index contributed by atoms with van der Waals surface area (Å²) in [5.41, 5.74) is 1.58. The van der Waals surface area contributed by atoms with Gasteiger partial charge in [0.1, 0.15) is 0 Å². The van der Waals surface area contributed by atoms with Crippen molar-refractivity contribution >= 4 is 5.91 Å². The molecule has 2 N–H and O–H groups in total. The highest BCUT2D eigenvalue weighted by Gasteiger charge is 2.50. The van der Waals surface area contributed by atoms with E-state index in [0.717, 1.165) is 12.3 Å². The average Bonchev–Trinajstić information content (AvgIpc) is 2.44. The van der Waals surface area contributed by atoms with Crippen LogP contribution in [0.4, 0.5) is 0 Å². The number of rotatable bonds is 8. The lowest BCUT2D eigenvalue weighted by Crippen LogP contribution is -2.48. The minimum atomic E-state index is -0.584. The summed E-state index contributed by atoms with van der Waals surface area (Å²) in [6, 6.07) is 0. The molecule has 0 aromatic rings. The topological polar surface area (TPSA) is 61.8 Å². The fraction of sp³-hybridized carbons (Fsp3) is 0.850. The molecule has 1 amide bonds. The van der Waals surface area contributed by atoms with Gasteiger partial charge in [0, 0.05) is 12.1 Å². The van der Waals surface area contributed by atoms with E-state index in [2.05, 4.69) is 25.2 Å². The lowest BCUT2D eigenvalue weighted by Gasteiger charge is -2.56. The molecular weight excluding hydrogens is 316 g/mol. The molecular formula is C20H36N2O3. The van der Waals surface area contributed by atoms with Gasteiger partial charge in [0.05, 0.1) is 25.9 Å². The Hall–Kier alpha value is -0.910. The monoisotopic (exact) mass is 352 g/mol. The highest BCUT2D eigenvalue weighted by molar-refractivity contribution is 5.78. The third kappa shape index (κ3) is 5.53. The van der Waals surface area contributed by atoms with Crippen LogP contribution in [0.5, 0.6) is 0 Å². The number of carbonyl (C=O) groups is 1. The highest BCUT2D eigenvalue weighted by Crippen LogP contribution is 2.59. The van der Waals surface area contributed by atoms with E-state index in [0.29, 0.717) is 31.1 Å². The highest BCUT2D eigenvalue weighted by atomic mass is 16.5. The number of likely N-dealkylation sites (N-methyl/N-ethyl adjacent to an activating group) is 1. The van der Waals surface area contributed by atoms with E-state index in [9.17, 15) is 9.90 Å². The molecule has 2 bridgehead atoms. The Labute approximate surface area is 152 Å². The number of aliphatic hydroxyl groups is 1. The first kappa shape index (κ1) is 20.4. The van der Waals surface area contributed by atoms with Crippen LogP contribution in [-0.4, -0.2) is 60.9 Å². The first-order valence-electron chi connectivity index (χ1n) is 9.43. The first-order chi connectivity index (χ1) is 11.5. The molecule has 0 saturated heterocycles. The fourth-order valence-corrected chi connectivity index (χ4v) is 4.13. The van der Waals surface area contributed by atoms with E-state index in [1.165, 1.54) is 12.0 Å². The number of hydrogen-bond acceptors (Lipinski definition) is 4. The van der Waals surface area contributed by atoms with Crippen molar-refractivity contribution < 1.29 is 14.6 Å². The summed E-state index contributed by atoms with van der Waals surface area (Å²) in [5.74, 6) is 1.45. The maximum Gasteiger partial charge on any atom is 0.234 e. The molecule has 5 heteroatoms. The van der Waals surface area contributed by atoms with Crippen molar-refractivity contribution in [1.82, 2.24) is 10.2 Å². The van der Waals surface area contributed by atoms with Crippen LogP contribution in [0.1, 0.15) is 47.5 Å². The smallest absolute Gasteiger partial charge is 0.234 e. The Morgan fingerprint density at radius 3 is 2.72 bits per heavy atom. The molecule has 1 fully saturated rings. The van der Waals surface area contributed by atoms with Gasteiger partial charge in [0.15, 0.2) is 0 Å². The standard InChI is InChI=1S/C20H36N2O3/c1-19(2,3)21-18(24)11-22(6)10-16(23)13-25-12-14-7-8-15-9-17(14)20(15,4)5/h7,15-17,23H,8-13H2,1-6H3,(H,21,24). The summed E-state index contributed by atoms with van der Waals surface area (Å²) in [6.07, 6.45) is 4.20. The Balaban J connectivity index is 1.65. The van der Waals surface area contributed by atoms with Crippen molar-refractivity contribution in [2.24, 2.45) is 17.3 Å². The zero-order valence-corrected chi connectivity index (χ0v) is 16.8. The molecule has 0 heterocycles. The molecule has 0 radical (unpaired) electrons.